The van der Waals surface area contributed by atoms with E-state index in [0.29, 0.717) is 0 Å². The summed E-state index contributed by atoms with van der Waals surface area (Å²) in [6.07, 6.45) is 15.2. The zero-order valence-corrected chi connectivity index (χ0v) is 49.8. The first-order valence-electron chi connectivity index (χ1n) is 25.0. The molecule has 0 aromatic carbocycles. The summed E-state index contributed by atoms with van der Waals surface area (Å²) in [6, 6.07) is 8.63. The molecule has 0 saturated heterocycles. The van der Waals surface area contributed by atoms with Gasteiger partial charge in [-0.1, -0.05) is 101 Å². The SMILES string of the molecule is CCCN(CCC)[Si](CC[SiH3])(N(CCC)CCC)N([Si](CC[SiH3])(N(CCC)CCC)N(CCC)CCC)[Si](CC[SiH3])(N(CCC)CCC)N(CCC)CCC. The van der Waals surface area contributed by atoms with Crippen LogP contribution in [-0.2, 0) is 0 Å². The van der Waals surface area contributed by atoms with Crippen LogP contribution in [0.3, 0.4) is 0 Å². The fourth-order valence-corrected chi connectivity index (χ4v) is 45.1. The van der Waals surface area contributed by atoms with Crippen molar-refractivity contribution in [3.63, 3.8) is 0 Å². The fourth-order valence-electron chi connectivity index (χ4n) is 10.7. The van der Waals surface area contributed by atoms with E-state index in [4.69, 9.17) is 0 Å². The molecule has 0 heterocycles. The van der Waals surface area contributed by atoms with E-state index in [9.17, 15) is 0 Å². The van der Waals surface area contributed by atoms with Crippen molar-refractivity contribution in [2.75, 3.05) is 78.5 Å². The van der Waals surface area contributed by atoms with E-state index in [1.54, 1.807) is 0 Å². The van der Waals surface area contributed by atoms with Gasteiger partial charge in [0.2, 0.25) is 0 Å². The lowest BCUT2D eigenvalue weighted by atomic mass is 10.4. The summed E-state index contributed by atoms with van der Waals surface area (Å²) in [6.45, 7) is 45.4. The molecule has 0 aliphatic carbocycles. The Balaban J connectivity index is 10.2. The van der Waals surface area contributed by atoms with Crippen LogP contribution in [0.15, 0.2) is 0 Å². The van der Waals surface area contributed by atoms with Gasteiger partial charge < -0.3 is 27.4 Å². The minimum Gasteiger partial charge on any atom is -0.300 e. The third-order valence-electron chi connectivity index (χ3n) is 11.8. The Morgan fingerprint density at radius 2 is 0.382 bits per heavy atom. The lowest BCUT2D eigenvalue weighted by Crippen LogP contribution is -2.97. The molecule has 0 atom stereocenters. The predicted molar refractivity (Wildman–Crippen MR) is 271 cm³/mol. The molecule has 7 nitrogen and oxygen atoms in total. The molecule has 0 fully saturated rings. The lowest BCUT2D eigenvalue weighted by molar-refractivity contribution is 0.216. The van der Waals surface area contributed by atoms with E-state index >= 15 is 0 Å². The third kappa shape index (κ3) is 14.6. The largest absolute Gasteiger partial charge is 0.300 e. The van der Waals surface area contributed by atoms with Crippen molar-refractivity contribution < 1.29 is 0 Å². The maximum Gasteiger partial charge on any atom is 0.279 e. The summed E-state index contributed by atoms with van der Waals surface area (Å²) in [5.74, 6) is 0. The average Bonchev–Trinajstić information content (AvgIpc) is 3.16. The lowest BCUT2D eigenvalue weighted by Gasteiger charge is -2.71. The molecule has 0 aliphatic rings. The summed E-state index contributed by atoms with van der Waals surface area (Å²) in [7, 11) is -3.84. The first-order chi connectivity index (χ1) is 26.7. The van der Waals surface area contributed by atoms with Crippen molar-refractivity contribution in [2.24, 2.45) is 0 Å². The summed E-state index contributed by atoms with van der Waals surface area (Å²) in [4.78, 5) is 0. The molecular formula is C42H105N7Si6. The highest BCUT2D eigenvalue weighted by atomic mass is 28.5. The first kappa shape index (κ1) is 56.0. The molecule has 0 radical (unpaired) electrons. The van der Waals surface area contributed by atoms with Gasteiger partial charge in [0, 0.05) is 30.7 Å². The van der Waals surface area contributed by atoms with Gasteiger partial charge in [0.15, 0.2) is 0 Å². The zero-order chi connectivity index (χ0) is 41.8. The minimum atomic E-state index is -2.57. The Morgan fingerprint density at radius 1 is 0.255 bits per heavy atom. The number of hydrogen-bond donors (Lipinski definition) is 0. The molecule has 0 aromatic heterocycles. The van der Waals surface area contributed by atoms with Gasteiger partial charge in [0.05, 0.1) is 0 Å². The van der Waals surface area contributed by atoms with Crippen LogP contribution >= 0.6 is 0 Å². The summed E-state index contributed by atoms with van der Waals surface area (Å²) < 4.78 is 24.0. The number of rotatable bonds is 39. The maximum atomic E-state index is 3.92. The molecule has 0 bridgehead atoms. The van der Waals surface area contributed by atoms with Gasteiger partial charge in [-0.3, -0.25) is 3.90 Å². The van der Waals surface area contributed by atoms with Crippen LogP contribution in [0, 0.1) is 0 Å². The monoisotopic (exact) mass is 876 g/mol. The third-order valence-corrected chi connectivity index (χ3v) is 37.2. The van der Waals surface area contributed by atoms with Gasteiger partial charge in [-0.15, -0.1) is 0 Å². The molecule has 55 heavy (non-hydrogen) atoms. The van der Waals surface area contributed by atoms with Crippen molar-refractivity contribution in [1.82, 2.24) is 31.3 Å². The van der Waals surface area contributed by atoms with Crippen LogP contribution in [0.2, 0.25) is 36.3 Å². The highest BCUT2D eigenvalue weighted by molar-refractivity contribution is 7.02. The van der Waals surface area contributed by atoms with Crippen molar-refractivity contribution >= 4 is 56.4 Å². The number of hydrogen-bond acceptors (Lipinski definition) is 7. The normalized spacial score (nSPS) is 13.6. The molecule has 13 heteroatoms. The van der Waals surface area contributed by atoms with Gasteiger partial charge in [0.1, 0.15) is 0 Å². The second-order valence-electron chi connectivity index (χ2n) is 16.8. The second kappa shape index (κ2) is 32.7. The van der Waals surface area contributed by atoms with Gasteiger partial charge in [-0.2, -0.15) is 0 Å². The Morgan fingerprint density at radius 3 is 0.473 bits per heavy atom. The van der Waals surface area contributed by atoms with Crippen molar-refractivity contribution in [1.29, 1.82) is 0 Å². The average molecular weight is 877 g/mol. The predicted octanol–water partition coefficient (Wildman–Crippen LogP) is 7.19. The van der Waals surface area contributed by atoms with Crippen molar-refractivity contribution in [3.8, 4) is 0 Å². The van der Waals surface area contributed by atoms with E-state index < -0.39 is 25.7 Å². The summed E-state index contributed by atoms with van der Waals surface area (Å²) in [5.41, 5.74) is 0. The molecule has 0 aromatic rings. The van der Waals surface area contributed by atoms with E-state index in [1.807, 2.05) is 0 Å². The molecule has 0 unspecified atom stereocenters. The highest BCUT2D eigenvalue weighted by Gasteiger charge is 2.70. The van der Waals surface area contributed by atoms with Crippen LogP contribution in [-0.4, -0.2) is 166 Å². The Hall–Kier alpha value is 1.02. The fraction of sp³-hybridized carbons (Fsp3) is 1.00. The van der Waals surface area contributed by atoms with E-state index in [-0.39, 0.29) is 0 Å². The minimum absolute atomic E-state index is 1.27. The quantitative estimate of drug-likeness (QED) is 0.0604. The van der Waals surface area contributed by atoms with E-state index in [0.717, 1.165) is 0 Å². The molecule has 0 rings (SSSR count). The summed E-state index contributed by atoms with van der Waals surface area (Å²) >= 11 is 0. The van der Waals surface area contributed by atoms with Gasteiger partial charge in [0.25, 0.3) is 25.7 Å². The topological polar surface area (TPSA) is 22.7 Å². The summed E-state index contributed by atoms with van der Waals surface area (Å²) in [5, 5.41) is 0. The molecule has 0 N–H and O–H groups in total. The van der Waals surface area contributed by atoms with Gasteiger partial charge in [-0.25, -0.2) is 0 Å². The first-order valence-corrected chi connectivity index (χ1v) is 35.4. The molecular weight excluding hydrogens is 771 g/mol. The van der Waals surface area contributed by atoms with Crippen molar-refractivity contribution in [2.45, 2.75) is 196 Å². The Kier molecular flexibility index (Phi) is 33.4. The van der Waals surface area contributed by atoms with Gasteiger partial charge >= 0.3 is 0 Å². The molecule has 0 saturated carbocycles. The molecule has 0 amide bonds. The standard InChI is InChI=1S/C42H105N7Si6/c1-13-25-43(26-14-2)53(40-37-50,44(27-15-3)28-16-4)49(54(41-38-51,45(29-17-5)30-18-6)46(31-19-7)32-20-8)55(42-39-52,47(33-21-9)34-22-10)48(35-23-11)36-24-12/h13-42H2,1-12,50-52H3. The van der Waals surface area contributed by atoms with Crippen LogP contribution in [0.1, 0.15) is 160 Å². The second-order valence-corrected chi connectivity index (χ2v) is 32.5. The molecule has 0 spiro atoms. The Bertz CT molecular complexity index is 700. The highest BCUT2D eigenvalue weighted by Crippen LogP contribution is 2.45. The maximum absolute atomic E-state index is 3.92. The number of nitrogens with zero attached hydrogens (tertiary/aromatic N) is 7. The van der Waals surface area contributed by atoms with Crippen LogP contribution in [0.4, 0.5) is 0 Å². The molecule has 0 aliphatic heterocycles. The van der Waals surface area contributed by atoms with Crippen LogP contribution in [0.25, 0.3) is 0 Å². The smallest absolute Gasteiger partial charge is 0.279 e. The van der Waals surface area contributed by atoms with Gasteiger partial charge in [-0.05, 0) is 174 Å². The zero-order valence-electron chi connectivity index (χ0n) is 40.8. The van der Waals surface area contributed by atoms with E-state index in [1.165, 1.54) is 223 Å². The Labute approximate surface area is 360 Å². The van der Waals surface area contributed by atoms with Crippen molar-refractivity contribution in [3.05, 3.63) is 0 Å². The molecule has 332 valence electrons. The van der Waals surface area contributed by atoms with Crippen LogP contribution in [0.5, 0.6) is 0 Å². The van der Waals surface area contributed by atoms with Crippen LogP contribution < -0.4 is 0 Å². The van der Waals surface area contributed by atoms with E-state index in [2.05, 4.69) is 114 Å².